The highest BCUT2D eigenvalue weighted by Gasteiger charge is 2.18. The molecule has 2 heterocycles. The molecule has 0 bridgehead atoms. The van der Waals surface area contributed by atoms with Gasteiger partial charge in [-0.2, -0.15) is 0 Å². The molecule has 0 unspecified atom stereocenters. The first-order valence-electron chi connectivity index (χ1n) is 4.78. The summed E-state index contributed by atoms with van der Waals surface area (Å²) in [6, 6.07) is 8.21. The standard InChI is InChI=1S/C11H11N3/c1-2-4-9-8(3-1)11-10(5-6-12-9)13-7-14-11/h1-4,6,13-14H,5,7H2. The van der Waals surface area contributed by atoms with E-state index in [-0.39, 0.29) is 0 Å². The molecule has 0 aromatic heterocycles. The van der Waals surface area contributed by atoms with Crippen LogP contribution in [-0.2, 0) is 0 Å². The van der Waals surface area contributed by atoms with Crippen LogP contribution in [0.15, 0.2) is 35.0 Å². The van der Waals surface area contributed by atoms with Crippen molar-refractivity contribution in [1.29, 1.82) is 0 Å². The lowest BCUT2D eigenvalue weighted by molar-refractivity contribution is 0.809. The van der Waals surface area contributed by atoms with E-state index < -0.39 is 0 Å². The lowest BCUT2D eigenvalue weighted by atomic mass is 10.1. The number of hydrogen-bond donors (Lipinski definition) is 2. The van der Waals surface area contributed by atoms with Crippen LogP contribution < -0.4 is 10.6 Å². The van der Waals surface area contributed by atoms with Crippen LogP contribution in [-0.4, -0.2) is 12.9 Å². The molecular weight excluding hydrogens is 174 g/mol. The summed E-state index contributed by atoms with van der Waals surface area (Å²) in [6.07, 6.45) is 2.85. The summed E-state index contributed by atoms with van der Waals surface area (Å²) >= 11 is 0. The Hall–Kier alpha value is -1.77. The molecular formula is C11H11N3. The fourth-order valence-corrected chi connectivity index (χ4v) is 1.90. The molecule has 3 heteroatoms. The molecule has 0 saturated carbocycles. The topological polar surface area (TPSA) is 36.4 Å². The third-order valence-electron chi connectivity index (χ3n) is 2.57. The van der Waals surface area contributed by atoms with Crippen molar-refractivity contribution in [2.75, 3.05) is 6.67 Å². The summed E-state index contributed by atoms with van der Waals surface area (Å²) in [7, 11) is 0. The van der Waals surface area contributed by atoms with Crippen molar-refractivity contribution in [3.05, 3.63) is 35.5 Å². The van der Waals surface area contributed by atoms with Gasteiger partial charge in [-0.3, -0.25) is 4.99 Å². The van der Waals surface area contributed by atoms with Crippen molar-refractivity contribution in [2.45, 2.75) is 6.42 Å². The van der Waals surface area contributed by atoms with Gasteiger partial charge in [0, 0.05) is 23.9 Å². The van der Waals surface area contributed by atoms with Gasteiger partial charge >= 0.3 is 0 Å². The number of fused-ring (bicyclic) bond motifs is 2. The number of aliphatic imine (C=N–C) groups is 1. The summed E-state index contributed by atoms with van der Waals surface area (Å²) in [4.78, 5) is 4.42. The Kier molecular flexibility index (Phi) is 1.56. The van der Waals surface area contributed by atoms with Gasteiger partial charge in [-0.1, -0.05) is 18.2 Å². The second-order valence-corrected chi connectivity index (χ2v) is 3.42. The van der Waals surface area contributed by atoms with Crippen molar-refractivity contribution in [3.8, 4) is 0 Å². The molecule has 0 amide bonds. The minimum atomic E-state index is 0.826. The normalized spacial score (nSPS) is 18.0. The maximum absolute atomic E-state index is 4.42. The van der Waals surface area contributed by atoms with Crippen molar-refractivity contribution in [2.24, 2.45) is 4.99 Å². The predicted octanol–water partition coefficient (Wildman–Crippen LogP) is 1.61. The second-order valence-electron chi connectivity index (χ2n) is 3.42. The minimum Gasteiger partial charge on any atom is -0.369 e. The van der Waals surface area contributed by atoms with Gasteiger partial charge in [0.25, 0.3) is 0 Å². The van der Waals surface area contributed by atoms with E-state index in [1.807, 2.05) is 24.4 Å². The summed E-state index contributed by atoms with van der Waals surface area (Å²) in [5.41, 5.74) is 4.70. The molecule has 0 atom stereocenters. The molecule has 2 aliphatic rings. The van der Waals surface area contributed by atoms with E-state index in [2.05, 4.69) is 21.7 Å². The van der Waals surface area contributed by atoms with Crippen molar-refractivity contribution in [1.82, 2.24) is 10.6 Å². The Labute approximate surface area is 82.5 Å². The maximum atomic E-state index is 4.42. The number of allylic oxidation sites excluding steroid dienone is 1. The van der Waals surface area contributed by atoms with E-state index in [0.717, 1.165) is 18.8 Å². The highest BCUT2D eigenvalue weighted by molar-refractivity contribution is 5.84. The molecule has 0 saturated heterocycles. The van der Waals surface area contributed by atoms with Gasteiger partial charge in [-0.25, -0.2) is 0 Å². The number of nitrogens with one attached hydrogen (secondary N) is 2. The monoisotopic (exact) mass is 185 g/mol. The van der Waals surface area contributed by atoms with Gasteiger partial charge in [-0.05, 0) is 6.07 Å². The zero-order valence-corrected chi connectivity index (χ0v) is 7.75. The van der Waals surface area contributed by atoms with E-state index in [9.17, 15) is 0 Å². The smallest absolute Gasteiger partial charge is 0.0848 e. The van der Waals surface area contributed by atoms with Crippen molar-refractivity contribution < 1.29 is 0 Å². The third kappa shape index (κ3) is 1.02. The molecule has 1 aromatic rings. The molecule has 0 fully saturated rings. The molecule has 2 N–H and O–H groups in total. The van der Waals surface area contributed by atoms with E-state index >= 15 is 0 Å². The van der Waals surface area contributed by atoms with Crippen LogP contribution in [0.3, 0.4) is 0 Å². The largest absolute Gasteiger partial charge is 0.369 e. The van der Waals surface area contributed by atoms with Gasteiger partial charge in [0.1, 0.15) is 0 Å². The first-order chi connectivity index (χ1) is 6.95. The zero-order chi connectivity index (χ0) is 9.38. The Balaban J connectivity index is 2.22. The number of rotatable bonds is 0. The van der Waals surface area contributed by atoms with E-state index in [1.54, 1.807) is 0 Å². The summed E-state index contributed by atoms with van der Waals surface area (Å²) < 4.78 is 0. The highest BCUT2D eigenvalue weighted by Crippen LogP contribution is 2.30. The molecule has 3 rings (SSSR count). The van der Waals surface area contributed by atoms with Gasteiger partial charge in [0.2, 0.25) is 0 Å². The molecule has 0 aliphatic carbocycles. The Morgan fingerprint density at radius 3 is 3.07 bits per heavy atom. The van der Waals surface area contributed by atoms with E-state index in [0.29, 0.717) is 0 Å². The van der Waals surface area contributed by atoms with Crippen molar-refractivity contribution in [3.63, 3.8) is 0 Å². The molecule has 0 radical (unpaired) electrons. The zero-order valence-electron chi connectivity index (χ0n) is 7.75. The second kappa shape index (κ2) is 2.87. The summed E-state index contributed by atoms with van der Waals surface area (Å²) in [5.74, 6) is 0. The quantitative estimate of drug-likeness (QED) is 0.644. The fraction of sp³-hybridized carbons (Fsp3) is 0.182. The fourth-order valence-electron chi connectivity index (χ4n) is 1.90. The van der Waals surface area contributed by atoms with Gasteiger partial charge in [-0.15, -0.1) is 0 Å². The lowest BCUT2D eigenvalue weighted by Gasteiger charge is -2.05. The van der Waals surface area contributed by atoms with Gasteiger partial charge < -0.3 is 10.6 Å². The lowest BCUT2D eigenvalue weighted by Crippen LogP contribution is -2.15. The van der Waals surface area contributed by atoms with Gasteiger partial charge in [0.15, 0.2) is 0 Å². The SMILES string of the molecule is C1=Nc2ccccc2C2=C(C1)NCN2. The average molecular weight is 185 g/mol. The first kappa shape index (κ1) is 7.62. The van der Waals surface area contributed by atoms with Crippen LogP contribution >= 0.6 is 0 Å². The summed E-state index contributed by atoms with van der Waals surface area (Å²) in [5, 5.41) is 6.66. The first-order valence-corrected chi connectivity index (χ1v) is 4.78. The van der Waals surface area contributed by atoms with Crippen LogP contribution in [0.1, 0.15) is 12.0 Å². The molecule has 14 heavy (non-hydrogen) atoms. The van der Waals surface area contributed by atoms with E-state index in [1.165, 1.54) is 17.0 Å². The molecule has 0 spiro atoms. The molecule has 1 aromatic carbocycles. The minimum absolute atomic E-state index is 0.826. The molecule has 3 nitrogen and oxygen atoms in total. The predicted molar refractivity (Wildman–Crippen MR) is 57.3 cm³/mol. The number of hydrogen-bond acceptors (Lipinski definition) is 3. The highest BCUT2D eigenvalue weighted by atomic mass is 15.1. The number of para-hydroxylation sites is 1. The van der Waals surface area contributed by atoms with Crippen molar-refractivity contribution >= 4 is 17.6 Å². The Morgan fingerprint density at radius 1 is 1.14 bits per heavy atom. The average Bonchev–Trinajstić information content (AvgIpc) is 2.61. The summed E-state index contributed by atoms with van der Waals surface area (Å²) in [6.45, 7) is 0.826. The Morgan fingerprint density at radius 2 is 2.07 bits per heavy atom. The van der Waals surface area contributed by atoms with Crippen LogP contribution in [0.25, 0.3) is 5.70 Å². The number of nitrogens with zero attached hydrogens (tertiary/aromatic N) is 1. The number of benzene rings is 1. The maximum Gasteiger partial charge on any atom is 0.0848 e. The van der Waals surface area contributed by atoms with Crippen LogP contribution in [0.5, 0.6) is 0 Å². The third-order valence-corrected chi connectivity index (χ3v) is 2.57. The van der Waals surface area contributed by atoms with E-state index in [4.69, 9.17) is 0 Å². The van der Waals surface area contributed by atoms with Crippen LogP contribution in [0.2, 0.25) is 0 Å². The Bertz CT molecular complexity index is 432. The molecule has 2 aliphatic heterocycles. The van der Waals surface area contributed by atoms with Gasteiger partial charge in [0.05, 0.1) is 18.1 Å². The van der Waals surface area contributed by atoms with Crippen LogP contribution in [0, 0.1) is 0 Å². The molecule has 70 valence electrons. The van der Waals surface area contributed by atoms with Crippen LogP contribution in [0.4, 0.5) is 5.69 Å².